The van der Waals surface area contributed by atoms with Crippen molar-refractivity contribution in [3.63, 3.8) is 0 Å². The SMILES string of the molecule is C[C@H]1[C@@H](CN2CC3(C)CC2CC(C)(C)C3)O[C@@H](c2cccc(NC(=O)C(Cl)(Cl)Cl)c2)O[C@H]1c1ccc(CO)cc1. The van der Waals surface area contributed by atoms with Gasteiger partial charge in [-0.3, -0.25) is 9.69 Å². The van der Waals surface area contributed by atoms with E-state index in [1.807, 2.05) is 36.4 Å². The molecule has 218 valence electrons. The highest BCUT2D eigenvalue weighted by atomic mass is 35.6. The monoisotopic (exact) mass is 608 g/mol. The van der Waals surface area contributed by atoms with Crippen LogP contribution in [0.15, 0.2) is 48.5 Å². The molecule has 3 fully saturated rings. The van der Waals surface area contributed by atoms with Gasteiger partial charge in [-0.15, -0.1) is 0 Å². The lowest BCUT2D eigenvalue weighted by molar-refractivity contribution is -0.276. The minimum atomic E-state index is -2.07. The zero-order valence-corrected chi connectivity index (χ0v) is 25.8. The number of halogens is 3. The fourth-order valence-electron chi connectivity index (χ4n) is 7.31. The zero-order valence-electron chi connectivity index (χ0n) is 23.5. The summed E-state index contributed by atoms with van der Waals surface area (Å²) < 4.78 is 11.3. The first-order valence-electron chi connectivity index (χ1n) is 14.0. The second-order valence-electron chi connectivity index (χ2n) is 13.0. The summed E-state index contributed by atoms with van der Waals surface area (Å²) in [5.74, 6) is -0.644. The molecule has 3 aliphatic rings. The Bertz CT molecular complexity index is 1220. The van der Waals surface area contributed by atoms with E-state index in [0.717, 1.165) is 29.8 Å². The summed E-state index contributed by atoms with van der Waals surface area (Å²) >= 11 is 17.3. The van der Waals surface area contributed by atoms with Crippen LogP contribution in [-0.2, 0) is 20.9 Å². The van der Waals surface area contributed by atoms with Crippen molar-refractivity contribution in [1.82, 2.24) is 4.90 Å². The zero-order chi connectivity index (χ0) is 28.9. The number of carbonyl (C=O) groups is 1. The van der Waals surface area contributed by atoms with E-state index in [9.17, 15) is 9.90 Å². The highest BCUT2D eigenvalue weighted by Gasteiger charge is 2.51. The highest BCUT2D eigenvalue weighted by molar-refractivity contribution is 6.76. The molecule has 0 radical (unpaired) electrons. The molecule has 5 rings (SSSR count). The standard InChI is InChI=1S/C31H39Cl3N2O4/c1-19-25(15-36-18-30(4)14-24(36)13-29(2,3)17-30)39-27(40-26(19)21-10-8-20(16-37)9-11-21)22-6-5-7-23(12-22)35-28(38)31(32,33)34/h5-12,19,24-27,37H,13-18H2,1-4H3,(H,35,38)/t19-,24?,25+,26+,27+,30?/m0/s1. The number of amides is 1. The lowest BCUT2D eigenvalue weighted by Crippen LogP contribution is -2.46. The van der Waals surface area contributed by atoms with E-state index >= 15 is 0 Å². The molecular formula is C31H39Cl3N2O4. The van der Waals surface area contributed by atoms with Crippen molar-refractivity contribution < 1.29 is 19.4 Å². The number of alkyl halides is 3. The predicted octanol–water partition coefficient (Wildman–Crippen LogP) is 7.18. The van der Waals surface area contributed by atoms with Crippen LogP contribution in [-0.4, -0.2) is 44.9 Å². The second kappa shape index (κ2) is 11.4. The topological polar surface area (TPSA) is 71.0 Å². The maximum Gasteiger partial charge on any atom is 0.276 e. The molecule has 6 atom stereocenters. The van der Waals surface area contributed by atoms with Crippen molar-refractivity contribution in [1.29, 1.82) is 0 Å². The molecule has 1 saturated carbocycles. The number of ether oxygens (including phenoxy) is 2. The van der Waals surface area contributed by atoms with E-state index < -0.39 is 16.0 Å². The van der Waals surface area contributed by atoms with Crippen molar-refractivity contribution >= 4 is 46.4 Å². The van der Waals surface area contributed by atoms with Crippen molar-refractivity contribution in [3.8, 4) is 0 Å². The third-order valence-corrected chi connectivity index (χ3v) is 9.25. The van der Waals surface area contributed by atoms with E-state index in [4.69, 9.17) is 44.3 Å². The van der Waals surface area contributed by atoms with E-state index in [-0.39, 0.29) is 24.7 Å². The van der Waals surface area contributed by atoms with Crippen LogP contribution in [0, 0.1) is 16.7 Å². The molecule has 1 amide bonds. The fraction of sp³-hybridized carbons (Fsp3) is 0.581. The maximum absolute atomic E-state index is 12.3. The van der Waals surface area contributed by atoms with Crippen molar-refractivity contribution in [2.24, 2.45) is 16.7 Å². The Hall–Kier alpha value is -1.38. The Balaban J connectivity index is 1.41. The number of carbonyl (C=O) groups excluding carboxylic acids is 1. The molecule has 9 heteroatoms. The molecular weight excluding hydrogens is 571 g/mol. The van der Waals surface area contributed by atoms with Gasteiger partial charge in [-0.05, 0) is 53.4 Å². The van der Waals surface area contributed by atoms with Crippen LogP contribution >= 0.6 is 34.8 Å². The number of rotatable bonds is 6. The number of aliphatic hydroxyl groups is 1. The Morgan fingerprint density at radius 2 is 1.80 bits per heavy atom. The molecule has 0 aromatic heterocycles. The van der Waals surface area contributed by atoms with Gasteiger partial charge in [0.25, 0.3) is 9.70 Å². The number of benzene rings is 2. The molecule has 2 saturated heterocycles. The van der Waals surface area contributed by atoms with Crippen molar-refractivity contribution in [2.75, 3.05) is 18.4 Å². The third-order valence-electron chi connectivity index (χ3n) is 8.74. The van der Waals surface area contributed by atoms with Gasteiger partial charge in [0.1, 0.15) is 0 Å². The van der Waals surface area contributed by atoms with Crippen molar-refractivity contribution in [2.45, 2.75) is 81.9 Å². The lowest BCUT2D eigenvalue weighted by atomic mass is 9.65. The number of nitrogens with zero attached hydrogens (tertiary/aromatic N) is 1. The fourth-order valence-corrected chi connectivity index (χ4v) is 7.46. The van der Waals surface area contributed by atoms with Gasteiger partial charge < -0.3 is 19.9 Å². The number of fused-ring (bicyclic) bond motifs is 2. The average Bonchev–Trinajstić information content (AvgIpc) is 3.12. The van der Waals surface area contributed by atoms with E-state index in [1.165, 1.54) is 19.3 Å². The van der Waals surface area contributed by atoms with Gasteiger partial charge in [0, 0.05) is 36.3 Å². The van der Waals surface area contributed by atoms with E-state index in [0.29, 0.717) is 22.6 Å². The molecule has 2 aliphatic heterocycles. The minimum Gasteiger partial charge on any atom is -0.392 e. The highest BCUT2D eigenvalue weighted by Crippen LogP contribution is 2.53. The molecule has 2 N–H and O–H groups in total. The van der Waals surface area contributed by atoms with Gasteiger partial charge in [0.05, 0.1) is 18.8 Å². The molecule has 40 heavy (non-hydrogen) atoms. The molecule has 0 spiro atoms. The number of nitrogens with one attached hydrogen (secondary N) is 1. The molecule has 6 nitrogen and oxygen atoms in total. The molecule has 2 aromatic rings. The Labute approximate surface area is 252 Å². The summed E-state index contributed by atoms with van der Waals surface area (Å²) in [6.07, 6.45) is 2.72. The van der Waals surface area contributed by atoms with Gasteiger partial charge in [0.15, 0.2) is 6.29 Å². The summed E-state index contributed by atoms with van der Waals surface area (Å²) in [7, 11) is 0. The van der Waals surface area contributed by atoms with Gasteiger partial charge >= 0.3 is 0 Å². The number of hydrogen-bond donors (Lipinski definition) is 2. The Kier molecular flexibility index (Phi) is 8.55. The second-order valence-corrected chi connectivity index (χ2v) is 15.3. The normalized spacial score (nSPS) is 32.1. The van der Waals surface area contributed by atoms with Crippen LogP contribution < -0.4 is 5.32 Å². The lowest BCUT2D eigenvalue weighted by Gasteiger charge is -2.43. The van der Waals surface area contributed by atoms with Gasteiger partial charge in [0.2, 0.25) is 0 Å². The maximum atomic E-state index is 12.3. The number of anilines is 1. The van der Waals surface area contributed by atoms with Gasteiger partial charge in [-0.2, -0.15) is 0 Å². The first-order chi connectivity index (χ1) is 18.7. The average molecular weight is 610 g/mol. The van der Waals surface area contributed by atoms with Crippen LogP contribution in [0.3, 0.4) is 0 Å². The Morgan fingerprint density at radius 3 is 2.48 bits per heavy atom. The number of likely N-dealkylation sites (tertiary alicyclic amines) is 1. The first kappa shape index (κ1) is 30.1. The first-order valence-corrected chi connectivity index (χ1v) is 15.1. The van der Waals surface area contributed by atoms with Crippen LogP contribution in [0.25, 0.3) is 0 Å². The summed E-state index contributed by atoms with van der Waals surface area (Å²) in [5, 5.41) is 12.2. The summed E-state index contributed by atoms with van der Waals surface area (Å²) in [6.45, 7) is 11.3. The van der Waals surface area contributed by atoms with Crippen molar-refractivity contribution in [3.05, 3.63) is 65.2 Å². The van der Waals surface area contributed by atoms with Crippen LogP contribution in [0.4, 0.5) is 5.69 Å². The molecule has 2 aromatic carbocycles. The molecule has 1 aliphatic carbocycles. The molecule has 2 bridgehead atoms. The Morgan fingerprint density at radius 1 is 1.07 bits per heavy atom. The van der Waals surface area contributed by atoms with Crippen LogP contribution in [0.2, 0.25) is 0 Å². The molecule has 2 heterocycles. The van der Waals surface area contributed by atoms with Crippen LogP contribution in [0.5, 0.6) is 0 Å². The van der Waals surface area contributed by atoms with Gasteiger partial charge in [-0.1, -0.05) is 98.9 Å². The van der Waals surface area contributed by atoms with E-state index in [2.05, 4.69) is 37.9 Å². The number of aliphatic hydroxyl groups excluding tert-OH is 1. The van der Waals surface area contributed by atoms with Crippen LogP contribution in [0.1, 0.15) is 76.0 Å². The quantitative estimate of drug-likeness (QED) is 0.340. The smallest absolute Gasteiger partial charge is 0.276 e. The largest absolute Gasteiger partial charge is 0.392 e. The summed E-state index contributed by atoms with van der Waals surface area (Å²) in [6, 6.07) is 15.7. The third kappa shape index (κ3) is 6.64. The molecule has 2 unspecified atom stereocenters. The predicted molar refractivity (Wildman–Crippen MR) is 159 cm³/mol. The van der Waals surface area contributed by atoms with Gasteiger partial charge in [-0.25, -0.2) is 0 Å². The summed E-state index contributed by atoms with van der Waals surface area (Å²) in [5.41, 5.74) is 3.82. The van der Waals surface area contributed by atoms with E-state index in [1.54, 1.807) is 12.1 Å². The summed E-state index contributed by atoms with van der Waals surface area (Å²) in [4.78, 5) is 14.9. The minimum absolute atomic E-state index is 0.00606. The number of hydrogen-bond acceptors (Lipinski definition) is 5.